The van der Waals surface area contributed by atoms with Crippen LogP contribution in [0.5, 0.6) is 0 Å². The number of benzene rings is 1. The van der Waals surface area contributed by atoms with E-state index in [9.17, 15) is 13.6 Å². The Morgan fingerprint density at radius 1 is 1.33 bits per heavy atom. The SMILES string of the molecule is C[C@H]1CN(c2ccc(N)cc2C(F)F)CCN1C(=O)OC(C)(C)C. The molecule has 1 aliphatic heterocycles. The van der Waals surface area contributed by atoms with Crippen molar-refractivity contribution in [1.82, 2.24) is 4.90 Å². The number of anilines is 2. The molecule has 1 fully saturated rings. The average molecular weight is 341 g/mol. The van der Waals surface area contributed by atoms with Crippen LogP contribution in [0.15, 0.2) is 18.2 Å². The molecule has 1 saturated heterocycles. The number of piperazine rings is 1. The van der Waals surface area contributed by atoms with Crippen molar-refractivity contribution in [2.45, 2.75) is 45.8 Å². The van der Waals surface area contributed by atoms with Gasteiger partial charge in [-0.25, -0.2) is 13.6 Å². The number of carbonyl (C=O) groups excluding carboxylic acids is 1. The van der Waals surface area contributed by atoms with Crippen molar-refractivity contribution >= 4 is 17.5 Å². The minimum absolute atomic E-state index is 0.0760. The molecule has 134 valence electrons. The van der Waals surface area contributed by atoms with E-state index in [-0.39, 0.29) is 17.7 Å². The lowest BCUT2D eigenvalue weighted by Crippen LogP contribution is -2.55. The zero-order chi connectivity index (χ0) is 18.1. The number of carbonyl (C=O) groups is 1. The lowest BCUT2D eigenvalue weighted by Gasteiger charge is -2.41. The number of hydrogen-bond acceptors (Lipinski definition) is 4. The highest BCUT2D eigenvalue weighted by Gasteiger charge is 2.32. The first kappa shape index (κ1) is 18.3. The largest absolute Gasteiger partial charge is 0.444 e. The highest BCUT2D eigenvalue weighted by molar-refractivity contribution is 5.69. The van der Waals surface area contributed by atoms with Gasteiger partial charge < -0.3 is 20.3 Å². The first-order valence-corrected chi connectivity index (χ1v) is 8.00. The van der Waals surface area contributed by atoms with Gasteiger partial charge in [0.2, 0.25) is 0 Å². The topological polar surface area (TPSA) is 58.8 Å². The Hall–Kier alpha value is -2.05. The molecule has 1 atom stereocenters. The van der Waals surface area contributed by atoms with Gasteiger partial charge in [0.05, 0.1) is 0 Å². The molecule has 1 aromatic carbocycles. The average Bonchev–Trinajstić information content (AvgIpc) is 2.44. The lowest BCUT2D eigenvalue weighted by molar-refractivity contribution is 0.0158. The van der Waals surface area contributed by atoms with Crippen LogP contribution < -0.4 is 10.6 Å². The number of rotatable bonds is 2. The molecular formula is C17H25F2N3O2. The highest BCUT2D eigenvalue weighted by Crippen LogP contribution is 2.33. The van der Waals surface area contributed by atoms with Crippen LogP contribution in [0.3, 0.4) is 0 Å². The Balaban J connectivity index is 2.12. The normalized spacial score (nSPS) is 18.9. The van der Waals surface area contributed by atoms with Gasteiger partial charge in [-0.3, -0.25) is 0 Å². The van der Waals surface area contributed by atoms with Crippen LogP contribution in [-0.2, 0) is 4.74 Å². The van der Waals surface area contributed by atoms with Crippen molar-refractivity contribution in [3.63, 3.8) is 0 Å². The molecule has 5 nitrogen and oxygen atoms in total. The molecular weight excluding hydrogens is 316 g/mol. The fourth-order valence-electron chi connectivity index (χ4n) is 2.80. The van der Waals surface area contributed by atoms with Gasteiger partial charge in [0.25, 0.3) is 6.43 Å². The molecule has 0 bridgehead atoms. The molecule has 0 unspecified atom stereocenters. The van der Waals surface area contributed by atoms with E-state index >= 15 is 0 Å². The van der Waals surface area contributed by atoms with Gasteiger partial charge in [0.1, 0.15) is 5.60 Å². The summed E-state index contributed by atoms with van der Waals surface area (Å²) in [6.07, 6.45) is -2.97. The summed E-state index contributed by atoms with van der Waals surface area (Å²) in [5.74, 6) is 0. The predicted molar refractivity (Wildman–Crippen MR) is 90.4 cm³/mol. The Kier molecular flexibility index (Phi) is 5.20. The molecule has 0 aromatic heterocycles. The van der Waals surface area contributed by atoms with Crippen LogP contribution in [0, 0.1) is 0 Å². The number of nitrogens with zero attached hydrogens (tertiary/aromatic N) is 2. The van der Waals surface area contributed by atoms with Gasteiger partial charge in [0, 0.05) is 42.6 Å². The highest BCUT2D eigenvalue weighted by atomic mass is 19.3. The van der Waals surface area contributed by atoms with Gasteiger partial charge in [-0.05, 0) is 45.9 Å². The Labute approximate surface area is 141 Å². The summed E-state index contributed by atoms with van der Waals surface area (Å²) in [4.78, 5) is 15.7. The fourth-order valence-corrected chi connectivity index (χ4v) is 2.80. The fraction of sp³-hybridized carbons (Fsp3) is 0.588. The standard InChI is InChI=1S/C17H25F2N3O2/c1-11-10-21(7-8-22(11)16(23)24-17(2,3)4)14-6-5-12(20)9-13(14)15(18)19/h5-6,9,11,15H,7-8,10,20H2,1-4H3/t11-/m0/s1. The number of alkyl halides is 2. The smallest absolute Gasteiger partial charge is 0.410 e. The lowest BCUT2D eigenvalue weighted by atomic mass is 10.1. The van der Waals surface area contributed by atoms with Gasteiger partial charge >= 0.3 is 6.09 Å². The van der Waals surface area contributed by atoms with E-state index in [1.807, 2.05) is 32.6 Å². The number of hydrogen-bond donors (Lipinski definition) is 1. The zero-order valence-corrected chi connectivity index (χ0v) is 14.6. The van der Waals surface area contributed by atoms with Crippen LogP contribution in [-0.4, -0.2) is 42.3 Å². The van der Waals surface area contributed by atoms with Gasteiger partial charge in [-0.15, -0.1) is 0 Å². The molecule has 2 rings (SSSR count). The van der Waals surface area contributed by atoms with Gasteiger partial charge in [0.15, 0.2) is 0 Å². The minimum Gasteiger partial charge on any atom is -0.444 e. The van der Waals surface area contributed by atoms with E-state index in [2.05, 4.69) is 0 Å². The molecule has 1 amide bonds. The Bertz CT molecular complexity index is 602. The van der Waals surface area contributed by atoms with Crippen LogP contribution >= 0.6 is 0 Å². The first-order chi connectivity index (χ1) is 11.1. The molecule has 1 aliphatic rings. The maximum absolute atomic E-state index is 13.3. The van der Waals surface area contributed by atoms with Crippen LogP contribution in [0.1, 0.15) is 39.7 Å². The van der Waals surface area contributed by atoms with Crippen molar-refractivity contribution in [3.8, 4) is 0 Å². The summed E-state index contributed by atoms with van der Waals surface area (Å²) < 4.78 is 32.0. The molecule has 0 saturated carbocycles. The minimum atomic E-state index is -2.59. The zero-order valence-electron chi connectivity index (χ0n) is 14.6. The monoisotopic (exact) mass is 341 g/mol. The van der Waals surface area contributed by atoms with Crippen molar-refractivity contribution < 1.29 is 18.3 Å². The molecule has 24 heavy (non-hydrogen) atoms. The second kappa shape index (κ2) is 6.83. The third-order valence-corrected chi connectivity index (χ3v) is 3.88. The second-order valence-electron chi connectivity index (χ2n) is 7.09. The van der Waals surface area contributed by atoms with Crippen LogP contribution in [0.2, 0.25) is 0 Å². The summed E-state index contributed by atoms with van der Waals surface area (Å²) >= 11 is 0. The molecule has 0 aliphatic carbocycles. The van der Waals surface area contributed by atoms with Crippen molar-refractivity contribution in [2.24, 2.45) is 0 Å². The van der Waals surface area contributed by atoms with E-state index in [1.165, 1.54) is 6.07 Å². The molecule has 7 heteroatoms. The van der Waals surface area contributed by atoms with Gasteiger partial charge in [-0.1, -0.05) is 0 Å². The van der Waals surface area contributed by atoms with Crippen molar-refractivity contribution in [2.75, 3.05) is 30.3 Å². The Morgan fingerprint density at radius 2 is 2.00 bits per heavy atom. The molecule has 2 N–H and O–H groups in total. The van der Waals surface area contributed by atoms with E-state index < -0.39 is 12.0 Å². The Morgan fingerprint density at radius 3 is 2.54 bits per heavy atom. The number of halogens is 2. The summed E-state index contributed by atoms with van der Waals surface area (Å²) in [7, 11) is 0. The molecule has 1 heterocycles. The van der Waals surface area contributed by atoms with E-state index in [4.69, 9.17) is 10.5 Å². The van der Waals surface area contributed by atoms with E-state index in [0.29, 0.717) is 31.0 Å². The summed E-state index contributed by atoms with van der Waals surface area (Å²) in [6.45, 7) is 8.67. The maximum Gasteiger partial charge on any atom is 0.410 e. The van der Waals surface area contributed by atoms with Crippen LogP contribution in [0.25, 0.3) is 0 Å². The van der Waals surface area contributed by atoms with E-state index in [0.717, 1.165) is 0 Å². The number of nitrogens with two attached hydrogens (primary N) is 1. The molecule has 0 radical (unpaired) electrons. The predicted octanol–water partition coefficient (Wildman–Crippen LogP) is 3.65. The maximum atomic E-state index is 13.3. The third kappa shape index (κ3) is 4.27. The summed E-state index contributed by atoms with van der Waals surface area (Å²) in [5.41, 5.74) is 5.77. The van der Waals surface area contributed by atoms with E-state index in [1.54, 1.807) is 17.0 Å². The van der Waals surface area contributed by atoms with Gasteiger partial charge in [-0.2, -0.15) is 0 Å². The third-order valence-electron chi connectivity index (χ3n) is 3.88. The van der Waals surface area contributed by atoms with Crippen LogP contribution in [0.4, 0.5) is 25.0 Å². The molecule has 0 spiro atoms. The van der Waals surface area contributed by atoms with Crippen molar-refractivity contribution in [3.05, 3.63) is 23.8 Å². The first-order valence-electron chi connectivity index (χ1n) is 8.00. The summed E-state index contributed by atoms with van der Waals surface area (Å²) in [5, 5.41) is 0. The number of ether oxygens (including phenoxy) is 1. The quantitative estimate of drug-likeness (QED) is 0.834. The number of nitrogen functional groups attached to an aromatic ring is 1. The number of amides is 1. The second-order valence-corrected chi connectivity index (χ2v) is 7.09. The van der Waals surface area contributed by atoms with Crippen molar-refractivity contribution in [1.29, 1.82) is 0 Å². The molecule has 1 aromatic rings. The summed E-state index contributed by atoms with van der Waals surface area (Å²) in [6, 6.07) is 4.40.